The van der Waals surface area contributed by atoms with Gasteiger partial charge in [0, 0.05) is 27.6 Å². The van der Waals surface area contributed by atoms with Crippen molar-refractivity contribution in [3.63, 3.8) is 0 Å². The third kappa shape index (κ3) is 4.71. The van der Waals surface area contributed by atoms with Gasteiger partial charge in [0.05, 0.1) is 5.69 Å². The van der Waals surface area contributed by atoms with Crippen LogP contribution in [0.25, 0.3) is 78.9 Å². The highest BCUT2D eigenvalue weighted by Crippen LogP contribution is 2.33. The second-order valence-corrected chi connectivity index (χ2v) is 10.2. The molecule has 0 atom stereocenters. The lowest BCUT2D eigenvalue weighted by atomic mass is 10.0. The van der Waals surface area contributed by atoms with E-state index in [1.165, 1.54) is 0 Å². The van der Waals surface area contributed by atoms with Crippen LogP contribution in [0, 0.1) is 0 Å². The highest BCUT2D eigenvalue weighted by Gasteiger charge is 2.15. The Hall–Kier alpha value is -6.01. The van der Waals surface area contributed by atoms with E-state index in [0.717, 1.165) is 49.8 Å². The molecule has 6 heteroatoms. The SMILES string of the molecule is c1ccc(-c2nc(-c3ccccc3)nc(-c3cccc(-c4ccc5ccc6oc(-c7ccccc7)nc6c5c4)n3)n2)cc1. The molecule has 0 aliphatic rings. The van der Waals surface area contributed by atoms with Crippen molar-refractivity contribution in [2.24, 2.45) is 0 Å². The molecule has 0 spiro atoms. The quantitative estimate of drug-likeness (QED) is 0.212. The Bertz CT molecular complexity index is 2170. The van der Waals surface area contributed by atoms with Crippen LogP contribution in [0.3, 0.4) is 0 Å². The molecule has 0 aliphatic carbocycles. The van der Waals surface area contributed by atoms with Crippen LogP contribution in [0.4, 0.5) is 0 Å². The average molecular weight is 554 g/mol. The molecule has 8 aromatic rings. The molecule has 0 bridgehead atoms. The van der Waals surface area contributed by atoms with E-state index >= 15 is 0 Å². The van der Waals surface area contributed by atoms with Crippen LogP contribution in [0.2, 0.25) is 0 Å². The second kappa shape index (κ2) is 10.4. The van der Waals surface area contributed by atoms with Crippen LogP contribution < -0.4 is 0 Å². The molecule has 5 aromatic carbocycles. The molecule has 3 aromatic heterocycles. The highest BCUT2D eigenvalue weighted by atomic mass is 16.3. The molecule has 0 saturated carbocycles. The van der Waals surface area contributed by atoms with E-state index in [1.807, 2.05) is 115 Å². The second-order valence-electron chi connectivity index (χ2n) is 10.2. The van der Waals surface area contributed by atoms with Gasteiger partial charge in [0.2, 0.25) is 5.89 Å². The number of hydrogen-bond acceptors (Lipinski definition) is 6. The summed E-state index contributed by atoms with van der Waals surface area (Å²) in [5.74, 6) is 2.32. The number of rotatable bonds is 5. The molecule has 0 amide bonds. The van der Waals surface area contributed by atoms with Crippen molar-refractivity contribution >= 4 is 21.9 Å². The zero-order valence-corrected chi connectivity index (χ0v) is 22.9. The fourth-order valence-electron chi connectivity index (χ4n) is 5.22. The molecule has 8 rings (SSSR count). The van der Waals surface area contributed by atoms with E-state index in [9.17, 15) is 0 Å². The van der Waals surface area contributed by atoms with Gasteiger partial charge in [-0.25, -0.2) is 24.9 Å². The maximum atomic E-state index is 6.13. The van der Waals surface area contributed by atoms with Crippen molar-refractivity contribution in [2.45, 2.75) is 0 Å². The van der Waals surface area contributed by atoms with Crippen molar-refractivity contribution in [1.29, 1.82) is 0 Å². The number of fused-ring (bicyclic) bond motifs is 3. The largest absolute Gasteiger partial charge is 0.436 e. The molecule has 3 heterocycles. The molecule has 0 aliphatic heterocycles. The van der Waals surface area contributed by atoms with Gasteiger partial charge in [-0.15, -0.1) is 0 Å². The predicted molar refractivity (Wildman–Crippen MR) is 170 cm³/mol. The minimum Gasteiger partial charge on any atom is -0.436 e. The van der Waals surface area contributed by atoms with Crippen molar-refractivity contribution in [2.75, 3.05) is 0 Å². The first-order valence-corrected chi connectivity index (χ1v) is 14.0. The number of hydrogen-bond donors (Lipinski definition) is 0. The summed E-state index contributed by atoms with van der Waals surface area (Å²) in [5, 5.41) is 2.09. The van der Waals surface area contributed by atoms with E-state index in [0.29, 0.717) is 29.1 Å². The van der Waals surface area contributed by atoms with Crippen LogP contribution in [-0.4, -0.2) is 24.9 Å². The van der Waals surface area contributed by atoms with Crippen LogP contribution >= 0.6 is 0 Å². The number of pyridine rings is 1. The van der Waals surface area contributed by atoms with Crippen LogP contribution in [-0.2, 0) is 0 Å². The Morgan fingerprint density at radius 1 is 0.395 bits per heavy atom. The summed E-state index contributed by atoms with van der Waals surface area (Å²) in [6, 6.07) is 46.1. The Labute approximate surface area is 247 Å². The van der Waals surface area contributed by atoms with Crippen molar-refractivity contribution in [3.05, 3.63) is 140 Å². The third-order valence-corrected chi connectivity index (χ3v) is 7.37. The first-order chi connectivity index (χ1) is 21.3. The van der Waals surface area contributed by atoms with Gasteiger partial charge in [-0.2, -0.15) is 0 Å². The Morgan fingerprint density at radius 3 is 1.65 bits per heavy atom. The molecule has 43 heavy (non-hydrogen) atoms. The van der Waals surface area contributed by atoms with E-state index in [2.05, 4.69) is 24.3 Å². The molecule has 0 fully saturated rings. The zero-order valence-electron chi connectivity index (χ0n) is 22.9. The Morgan fingerprint density at radius 2 is 0.977 bits per heavy atom. The maximum absolute atomic E-state index is 6.13. The van der Waals surface area contributed by atoms with Gasteiger partial charge < -0.3 is 4.42 Å². The van der Waals surface area contributed by atoms with Crippen molar-refractivity contribution in [1.82, 2.24) is 24.9 Å². The molecule has 202 valence electrons. The van der Waals surface area contributed by atoms with Crippen LogP contribution in [0.1, 0.15) is 0 Å². The first kappa shape index (κ1) is 24.8. The Kier molecular flexibility index (Phi) is 6.01. The monoisotopic (exact) mass is 553 g/mol. The predicted octanol–water partition coefficient (Wildman–Crippen LogP) is 8.90. The number of oxazole rings is 1. The Balaban J connectivity index is 1.24. The molecule has 0 N–H and O–H groups in total. The van der Waals surface area contributed by atoms with E-state index < -0.39 is 0 Å². The average Bonchev–Trinajstić information content (AvgIpc) is 3.54. The number of aromatic nitrogens is 5. The van der Waals surface area contributed by atoms with Gasteiger partial charge >= 0.3 is 0 Å². The van der Waals surface area contributed by atoms with Crippen LogP contribution in [0.5, 0.6) is 0 Å². The summed E-state index contributed by atoms with van der Waals surface area (Å²) in [4.78, 5) is 24.4. The molecular formula is C37H23N5O. The third-order valence-electron chi connectivity index (χ3n) is 7.37. The molecule has 0 radical (unpaired) electrons. The lowest BCUT2D eigenvalue weighted by Gasteiger charge is -2.09. The molecule has 0 unspecified atom stereocenters. The lowest BCUT2D eigenvalue weighted by Crippen LogP contribution is -2.01. The summed E-state index contributed by atoms with van der Waals surface area (Å²) < 4.78 is 6.13. The van der Waals surface area contributed by atoms with E-state index in [1.54, 1.807) is 0 Å². The van der Waals surface area contributed by atoms with Gasteiger partial charge in [-0.3, -0.25) is 0 Å². The normalized spacial score (nSPS) is 11.3. The summed E-state index contributed by atoms with van der Waals surface area (Å²) in [6.07, 6.45) is 0. The minimum absolute atomic E-state index is 0.515. The van der Waals surface area contributed by atoms with Crippen LogP contribution in [0.15, 0.2) is 144 Å². The van der Waals surface area contributed by atoms with Gasteiger partial charge in [-0.1, -0.05) is 103 Å². The number of benzene rings is 5. The topological polar surface area (TPSA) is 77.6 Å². The van der Waals surface area contributed by atoms with Crippen molar-refractivity contribution < 1.29 is 4.42 Å². The fourth-order valence-corrected chi connectivity index (χ4v) is 5.22. The highest BCUT2D eigenvalue weighted by molar-refractivity contribution is 6.05. The van der Waals surface area contributed by atoms with Gasteiger partial charge in [0.1, 0.15) is 11.2 Å². The summed E-state index contributed by atoms with van der Waals surface area (Å²) in [6.45, 7) is 0. The fraction of sp³-hybridized carbons (Fsp3) is 0. The smallest absolute Gasteiger partial charge is 0.227 e. The van der Waals surface area contributed by atoms with Gasteiger partial charge in [0.15, 0.2) is 23.1 Å². The first-order valence-electron chi connectivity index (χ1n) is 14.0. The molecule has 0 saturated heterocycles. The minimum atomic E-state index is 0.515. The number of nitrogens with zero attached hydrogens (tertiary/aromatic N) is 5. The van der Waals surface area contributed by atoms with Crippen molar-refractivity contribution in [3.8, 4) is 57.0 Å². The van der Waals surface area contributed by atoms with Gasteiger partial charge in [0.25, 0.3) is 0 Å². The zero-order chi connectivity index (χ0) is 28.6. The summed E-state index contributed by atoms with van der Waals surface area (Å²) in [5.41, 5.74) is 6.79. The van der Waals surface area contributed by atoms with E-state index in [4.69, 9.17) is 29.3 Å². The maximum Gasteiger partial charge on any atom is 0.227 e. The van der Waals surface area contributed by atoms with Gasteiger partial charge in [-0.05, 0) is 41.8 Å². The summed E-state index contributed by atoms with van der Waals surface area (Å²) in [7, 11) is 0. The summed E-state index contributed by atoms with van der Waals surface area (Å²) >= 11 is 0. The molecular weight excluding hydrogens is 530 g/mol. The standard InChI is InChI=1S/C37H23N5O/c1-4-11-25(12-5-1)34-40-35(26-13-6-2-7-14-26)42-36(41-34)31-18-10-17-30(38-31)28-20-19-24-21-22-32-33(29(24)23-28)39-37(43-32)27-15-8-3-9-16-27/h1-23H. The molecule has 6 nitrogen and oxygen atoms in total. The lowest BCUT2D eigenvalue weighted by molar-refractivity contribution is 0.620. The van der Waals surface area contributed by atoms with E-state index in [-0.39, 0.29) is 0 Å².